The Hall–Kier alpha value is -2.66. The van der Waals surface area contributed by atoms with Crippen molar-refractivity contribution in [2.24, 2.45) is 0 Å². The zero-order chi connectivity index (χ0) is 17.7. The van der Waals surface area contributed by atoms with Crippen LogP contribution in [0, 0.1) is 13.8 Å². The largest absolute Gasteiger partial charge is 0.378 e. The fraction of sp³-hybridized carbons (Fsp3) is 0.263. The van der Waals surface area contributed by atoms with E-state index in [-0.39, 0.29) is 12.5 Å². The van der Waals surface area contributed by atoms with Crippen molar-refractivity contribution in [2.45, 2.75) is 20.0 Å². The van der Waals surface area contributed by atoms with E-state index < -0.39 is 12.0 Å². The predicted molar refractivity (Wildman–Crippen MR) is 93.6 cm³/mol. The average Bonchev–Trinajstić information content (AvgIpc) is 2.58. The number of nitrogens with one attached hydrogen (secondary N) is 1. The molecular weight excluding hydrogens is 304 g/mol. The van der Waals surface area contributed by atoms with E-state index >= 15 is 0 Å². The third kappa shape index (κ3) is 4.20. The van der Waals surface area contributed by atoms with Crippen molar-refractivity contribution in [3.8, 4) is 0 Å². The number of aliphatic hydroxyl groups is 1. The number of aliphatic hydroxyl groups excluding tert-OH is 1. The molecule has 0 fully saturated rings. The molecule has 0 aliphatic rings. The molecular formula is C19H22N2O3. The van der Waals surface area contributed by atoms with Crippen LogP contribution in [-0.2, 0) is 9.59 Å². The Balaban J connectivity index is 1.98. The van der Waals surface area contributed by atoms with Gasteiger partial charge in [0, 0.05) is 12.7 Å². The first-order chi connectivity index (χ1) is 11.4. The first kappa shape index (κ1) is 17.7. The van der Waals surface area contributed by atoms with Gasteiger partial charge in [0.1, 0.15) is 0 Å². The number of anilines is 1. The van der Waals surface area contributed by atoms with Gasteiger partial charge in [-0.15, -0.1) is 0 Å². The molecule has 0 aliphatic heterocycles. The Labute approximate surface area is 141 Å². The van der Waals surface area contributed by atoms with Gasteiger partial charge < -0.3 is 15.3 Å². The summed E-state index contributed by atoms with van der Waals surface area (Å²) in [6.07, 6.45) is -1.27. The molecule has 0 spiro atoms. The van der Waals surface area contributed by atoms with Crippen LogP contribution >= 0.6 is 0 Å². The maximum absolute atomic E-state index is 12.2. The van der Waals surface area contributed by atoms with Gasteiger partial charge in [0.15, 0.2) is 6.10 Å². The molecule has 126 valence electrons. The molecule has 0 aromatic heterocycles. The number of carbonyl (C=O) groups is 2. The highest BCUT2D eigenvalue weighted by atomic mass is 16.3. The van der Waals surface area contributed by atoms with E-state index in [2.05, 4.69) is 5.32 Å². The second-order valence-electron chi connectivity index (χ2n) is 5.80. The number of nitrogens with zero attached hydrogens (tertiary/aromatic N) is 1. The van der Waals surface area contributed by atoms with Crippen LogP contribution in [0.5, 0.6) is 0 Å². The van der Waals surface area contributed by atoms with Crippen molar-refractivity contribution in [1.29, 1.82) is 0 Å². The Morgan fingerprint density at radius 2 is 1.75 bits per heavy atom. The van der Waals surface area contributed by atoms with Gasteiger partial charge in [-0.1, -0.05) is 42.5 Å². The molecule has 5 nitrogen and oxygen atoms in total. The van der Waals surface area contributed by atoms with Gasteiger partial charge in [0.05, 0.1) is 6.54 Å². The first-order valence-electron chi connectivity index (χ1n) is 7.74. The molecule has 2 N–H and O–H groups in total. The van der Waals surface area contributed by atoms with Crippen LogP contribution in [0.2, 0.25) is 0 Å². The molecule has 2 amide bonds. The number of aryl methyl sites for hydroxylation is 1. The maximum Gasteiger partial charge on any atom is 0.256 e. The van der Waals surface area contributed by atoms with E-state index in [0.29, 0.717) is 5.56 Å². The molecule has 0 bridgehead atoms. The molecule has 2 rings (SSSR count). The van der Waals surface area contributed by atoms with Gasteiger partial charge in [-0.3, -0.25) is 9.59 Å². The minimum absolute atomic E-state index is 0.129. The summed E-state index contributed by atoms with van der Waals surface area (Å²) in [7, 11) is 1.50. The van der Waals surface area contributed by atoms with Crippen LogP contribution in [0.25, 0.3) is 0 Å². The van der Waals surface area contributed by atoms with Crippen LogP contribution in [0.15, 0.2) is 48.5 Å². The number of benzene rings is 2. The number of hydrogen-bond acceptors (Lipinski definition) is 3. The normalized spacial score (nSPS) is 11.7. The van der Waals surface area contributed by atoms with Gasteiger partial charge in [-0.2, -0.15) is 0 Å². The molecule has 2 aromatic rings. The highest BCUT2D eigenvalue weighted by molar-refractivity contribution is 5.95. The topological polar surface area (TPSA) is 69.6 Å². The number of rotatable bonds is 5. The third-order valence-corrected chi connectivity index (χ3v) is 3.98. The lowest BCUT2D eigenvalue weighted by atomic mass is 10.1. The average molecular weight is 326 g/mol. The van der Waals surface area contributed by atoms with Crippen molar-refractivity contribution in [1.82, 2.24) is 4.90 Å². The van der Waals surface area contributed by atoms with Crippen LogP contribution in [0.1, 0.15) is 22.8 Å². The zero-order valence-electron chi connectivity index (χ0n) is 14.1. The minimum Gasteiger partial charge on any atom is -0.378 e. The summed E-state index contributed by atoms with van der Waals surface area (Å²) in [6.45, 7) is 3.77. The molecule has 0 saturated carbocycles. The maximum atomic E-state index is 12.2. The summed E-state index contributed by atoms with van der Waals surface area (Å²) in [5.41, 5.74) is 3.30. The lowest BCUT2D eigenvalue weighted by Gasteiger charge is -2.21. The molecule has 0 aliphatic carbocycles. The number of hydrogen-bond donors (Lipinski definition) is 2. The Morgan fingerprint density at radius 1 is 1.08 bits per heavy atom. The fourth-order valence-corrected chi connectivity index (χ4v) is 2.36. The molecule has 0 radical (unpaired) electrons. The van der Waals surface area contributed by atoms with Gasteiger partial charge in [0.2, 0.25) is 5.91 Å². The Morgan fingerprint density at radius 3 is 2.42 bits per heavy atom. The van der Waals surface area contributed by atoms with E-state index in [1.54, 1.807) is 24.3 Å². The second-order valence-corrected chi connectivity index (χ2v) is 5.80. The summed E-state index contributed by atoms with van der Waals surface area (Å²) >= 11 is 0. The fourth-order valence-electron chi connectivity index (χ4n) is 2.36. The molecule has 0 heterocycles. The van der Waals surface area contributed by atoms with Crippen molar-refractivity contribution in [3.05, 3.63) is 65.2 Å². The smallest absolute Gasteiger partial charge is 0.256 e. The van der Waals surface area contributed by atoms with E-state index in [0.717, 1.165) is 16.8 Å². The van der Waals surface area contributed by atoms with E-state index in [4.69, 9.17) is 0 Å². The van der Waals surface area contributed by atoms with Gasteiger partial charge in [-0.25, -0.2) is 0 Å². The highest BCUT2D eigenvalue weighted by Gasteiger charge is 2.22. The SMILES string of the molecule is Cc1cccc(NC(=O)CN(C)C(=O)C(O)c2ccccc2)c1C. The first-order valence-corrected chi connectivity index (χ1v) is 7.74. The van der Waals surface area contributed by atoms with Gasteiger partial charge in [0.25, 0.3) is 5.91 Å². The summed E-state index contributed by atoms with van der Waals surface area (Å²) in [5, 5.41) is 12.9. The lowest BCUT2D eigenvalue weighted by molar-refractivity contribution is -0.141. The van der Waals surface area contributed by atoms with Crippen LogP contribution in [-0.4, -0.2) is 35.4 Å². The summed E-state index contributed by atoms with van der Waals surface area (Å²) in [4.78, 5) is 25.6. The van der Waals surface area contributed by atoms with Crippen LogP contribution < -0.4 is 5.32 Å². The molecule has 1 unspecified atom stereocenters. The molecule has 1 atom stereocenters. The van der Waals surface area contributed by atoms with E-state index in [9.17, 15) is 14.7 Å². The van der Waals surface area contributed by atoms with Crippen LogP contribution in [0.4, 0.5) is 5.69 Å². The monoisotopic (exact) mass is 326 g/mol. The van der Waals surface area contributed by atoms with E-state index in [1.165, 1.54) is 11.9 Å². The number of likely N-dealkylation sites (N-methyl/N-ethyl adjacent to an activating group) is 1. The second kappa shape index (κ2) is 7.75. The summed E-state index contributed by atoms with van der Waals surface area (Å²) in [6, 6.07) is 14.3. The van der Waals surface area contributed by atoms with Crippen molar-refractivity contribution in [3.63, 3.8) is 0 Å². The number of amides is 2. The summed E-state index contributed by atoms with van der Waals surface area (Å²) in [5.74, 6) is -0.822. The minimum atomic E-state index is -1.27. The highest BCUT2D eigenvalue weighted by Crippen LogP contribution is 2.18. The Bertz CT molecular complexity index is 729. The van der Waals surface area contributed by atoms with Gasteiger partial charge in [-0.05, 0) is 36.6 Å². The van der Waals surface area contributed by atoms with E-state index in [1.807, 2.05) is 38.1 Å². The Kier molecular flexibility index (Phi) is 5.71. The van der Waals surface area contributed by atoms with Crippen LogP contribution in [0.3, 0.4) is 0 Å². The predicted octanol–water partition coefficient (Wildman–Crippen LogP) is 2.43. The summed E-state index contributed by atoms with van der Waals surface area (Å²) < 4.78 is 0. The lowest BCUT2D eigenvalue weighted by Crippen LogP contribution is -2.37. The van der Waals surface area contributed by atoms with Crippen molar-refractivity contribution >= 4 is 17.5 Å². The molecule has 5 heteroatoms. The molecule has 2 aromatic carbocycles. The third-order valence-electron chi connectivity index (χ3n) is 3.98. The standard InChI is InChI=1S/C19H22N2O3/c1-13-8-7-11-16(14(13)2)20-17(22)12-21(3)19(24)18(23)15-9-5-4-6-10-15/h4-11,18,23H,12H2,1-3H3,(H,20,22). The molecule has 24 heavy (non-hydrogen) atoms. The van der Waals surface area contributed by atoms with Crippen molar-refractivity contribution in [2.75, 3.05) is 18.9 Å². The number of carbonyl (C=O) groups excluding carboxylic acids is 2. The zero-order valence-corrected chi connectivity index (χ0v) is 14.1. The van der Waals surface area contributed by atoms with Crippen molar-refractivity contribution < 1.29 is 14.7 Å². The quantitative estimate of drug-likeness (QED) is 0.886. The van der Waals surface area contributed by atoms with Gasteiger partial charge >= 0.3 is 0 Å². The molecule has 0 saturated heterocycles.